The summed E-state index contributed by atoms with van der Waals surface area (Å²) < 4.78 is 15.4. The van der Waals surface area contributed by atoms with E-state index < -0.39 is 0 Å². The summed E-state index contributed by atoms with van der Waals surface area (Å²) in [6, 6.07) is 0. The average molecular weight is 337 g/mol. The van der Waals surface area contributed by atoms with E-state index in [9.17, 15) is 4.79 Å². The lowest BCUT2D eigenvalue weighted by Crippen LogP contribution is -2.30. The van der Waals surface area contributed by atoms with Crippen molar-refractivity contribution in [3.63, 3.8) is 0 Å². The number of carbonyl (C=O) groups is 1. The van der Waals surface area contributed by atoms with Gasteiger partial charge in [0.2, 0.25) is 6.33 Å². The highest BCUT2D eigenvalue weighted by atomic mass is 16.6. The second kappa shape index (κ2) is 11.0. The van der Waals surface area contributed by atoms with Crippen LogP contribution in [0.3, 0.4) is 0 Å². The normalized spacial score (nSPS) is 13.5. The molecule has 0 N–H and O–H groups in total. The van der Waals surface area contributed by atoms with Crippen LogP contribution < -0.4 is 4.57 Å². The standard InChI is InChI=1S/C19H33N2O3/c1-6-8-9-17(7-2)13-23-14-18(24-19(22)16(3)4)12-21-11-10-20(5)15-21/h10-11,15,17-18H,3,6-9,12-14H2,1-2,4-5H3/q+1. The molecule has 0 spiro atoms. The Bertz CT molecular complexity index is 510. The maximum Gasteiger partial charge on any atom is 0.333 e. The van der Waals surface area contributed by atoms with Gasteiger partial charge in [-0.3, -0.25) is 0 Å². The molecule has 0 saturated carbocycles. The van der Waals surface area contributed by atoms with Crippen molar-refractivity contribution in [2.45, 2.75) is 59.1 Å². The SMILES string of the molecule is C=C(C)C(=O)OC(COCC(CC)CCCC)Cn1cc[n+](C)c1. The van der Waals surface area contributed by atoms with Gasteiger partial charge >= 0.3 is 5.97 Å². The Morgan fingerprint density at radius 3 is 2.62 bits per heavy atom. The number of nitrogens with zero attached hydrogens (tertiary/aromatic N) is 2. The van der Waals surface area contributed by atoms with Crippen molar-refractivity contribution in [1.29, 1.82) is 0 Å². The zero-order valence-electron chi connectivity index (χ0n) is 15.7. The lowest BCUT2D eigenvalue weighted by molar-refractivity contribution is -0.671. The van der Waals surface area contributed by atoms with Crippen molar-refractivity contribution in [3.05, 3.63) is 30.9 Å². The van der Waals surface area contributed by atoms with Gasteiger partial charge in [-0.25, -0.2) is 13.9 Å². The van der Waals surface area contributed by atoms with Crippen molar-refractivity contribution in [3.8, 4) is 0 Å². The Kier molecular flexibility index (Phi) is 9.38. The first kappa shape index (κ1) is 20.4. The highest BCUT2D eigenvalue weighted by molar-refractivity contribution is 5.87. The molecule has 24 heavy (non-hydrogen) atoms. The second-order valence-corrected chi connectivity index (χ2v) is 6.54. The molecule has 5 heteroatoms. The van der Waals surface area contributed by atoms with E-state index in [2.05, 4.69) is 20.4 Å². The number of hydrogen-bond donors (Lipinski definition) is 0. The monoisotopic (exact) mass is 337 g/mol. The van der Waals surface area contributed by atoms with E-state index in [0.29, 0.717) is 24.6 Å². The van der Waals surface area contributed by atoms with E-state index in [1.54, 1.807) is 6.92 Å². The van der Waals surface area contributed by atoms with Gasteiger partial charge in [-0.2, -0.15) is 0 Å². The molecule has 136 valence electrons. The van der Waals surface area contributed by atoms with Gasteiger partial charge in [-0.15, -0.1) is 0 Å². The van der Waals surface area contributed by atoms with Crippen LogP contribution in [0.4, 0.5) is 0 Å². The number of aromatic nitrogens is 2. The molecule has 0 radical (unpaired) electrons. The zero-order valence-corrected chi connectivity index (χ0v) is 15.7. The number of unbranched alkanes of at least 4 members (excludes halogenated alkanes) is 1. The highest BCUT2D eigenvalue weighted by Crippen LogP contribution is 2.13. The lowest BCUT2D eigenvalue weighted by Gasteiger charge is -2.19. The van der Waals surface area contributed by atoms with Crippen LogP contribution >= 0.6 is 0 Å². The first-order valence-corrected chi connectivity index (χ1v) is 8.91. The van der Waals surface area contributed by atoms with Crippen molar-refractivity contribution in [2.24, 2.45) is 13.0 Å². The van der Waals surface area contributed by atoms with E-state index in [0.717, 1.165) is 13.0 Å². The smallest absolute Gasteiger partial charge is 0.333 e. The average Bonchev–Trinajstić information content (AvgIpc) is 2.95. The molecule has 0 bridgehead atoms. The highest BCUT2D eigenvalue weighted by Gasteiger charge is 2.19. The quantitative estimate of drug-likeness (QED) is 0.334. The van der Waals surface area contributed by atoms with Crippen LogP contribution in [0.1, 0.15) is 46.5 Å². The van der Waals surface area contributed by atoms with Crippen LogP contribution in [0.25, 0.3) is 0 Å². The molecule has 1 heterocycles. The summed E-state index contributed by atoms with van der Waals surface area (Å²) in [7, 11) is 1.96. The molecule has 2 atom stereocenters. The van der Waals surface area contributed by atoms with Gasteiger partial charge in [-0.05, 0) is 19.3 Å². The molecule has 2 unspecified atom stereocenters. The third kappa shape index (κ3) is 7.77. The summed E-state index contributed by atoms with van der Waals surface area (Å²) >= 11 is 0. The van der Waals surface area contributed by atoms with Crippen LogP contribution in [0.15, 0.2) is 30.9 Å². The summed E-state index contributed by atoms with van der Waals surface area (Å²) in [4.78, 5) is 11.9. The fourth-order valence-corrected chi connectivity index (χ4v) is 2.49. The summed E-state index contributed by atoms with van der Waals surface area (Å²) in [5.41, 5.74) is 0.410. The van der Waals surface area contributed by atoms with Gasteiger partial charge < -0.3 is 9.47 Å². The molecule has 0 fully saturated rings. The van der Waals surface area contributed by atoms with Gasteiger partial charge in [0.05, 0.1) is 13.7 Å². The Morgan fingerprint density at radius 2 is 2.08 bits per heavy atom. The Balaban J connectivity index is 2.54. The number of imidazole rings is 1. The Hall–Kier alpha value is -1.62. The van der Waals surface area contributed by atoms with Crippen molar-refractivity contribution in [1.82, 2.24) is 4.57 Å². The fraction of sp³-hybridized carbons (Fsp3) is 0.684. The molecule has 0 aromatic carbocycles. The van der Waals surface area contributed by atoms with E-state index in [1.165, 1.54) is 19.3 Å². The minimum atomic E-state index is -0.363. The predicted octanol–water partition coefficient (Wildman–Crippen LogP) is 3.03. The van der Waals surface area contributed by atoms with Crippen LogP contribution in [0.5, 0.6) is 0 Å². The molecule has 0 aliphatic heterocycles. The fourth-order valence-electron chi connectivity index (χ4n) is 2.49. The molecule has 1 rings (SSSR count). The largest absolute Gasteiger partial charge is 0.452 e. The summed E-state index contributed by atoms with van der Waals surface area (Å²) in [6.45, 7) is 11.4. The van der Waals surface area contributed by atoms with Gasteiger partial charge in [0.25, 0.3) is 0 Å². The van der Waals surface area contributed by atoms with Crippen molar-refractivity contribution in [2.75, 3.05) is 13.2 Å². The third-order valence-corrected chi connectivity index (χ3v) is 4.06. The molecule has 5 nitrogen and oxygen atoms in total. The summed E-state index contributed by atoms with van der Waals surface area (Å²) in [5, 5.41) is 0. The zero-order chi connectivity index (χ0) is 17.9. The first-order valence-electron chi connectivity index (χ1n) is 8.91. The number of ether oxygens (including phenoxy) is 2. The van der Waals surface area contributed by atoms with E-state index in [4.69, 9.17) is 9.47 Å². The van der Waals surface area contributed by atoms with Crippen LogP contribution in [0, 0.1) is 5.92 Å². The van der Waals surface area contributed by atoms with Crippen LogP contribution in [-0.4, -0.2) is 29.9 Å². The molecule has 1 aromatic rings. The maximum absolute atomic E-state index is 11.9. The van der Waals surface area contributed by atoms with Gasteiger partial charge in [0.1, 0.15) is 18.9 Å². The Morgan fingerprint density at radius 1 is 1.33 bits per heavy atom. The maximum atomic E-state index is 11.9. The number of carbonyl (C=O) groups excluding carboxylic acids is 1. The Labute approximate surface area is 146 Å². The second-order valence-electron chi connectivity index (χ2n) is 6.54. The van der Waals surface area contributed by atoms with Gasteiger partial charge in [0.15, 0.2) is 6.10 Å². The molecule has 1 aromatic heterocycles. The summed E-state index contributed by atoms with van der Waals surface area (Å²) in [6.07, 6.45) is 10.3. The molecule has 0 amide bonds. The van der Waals surface area contributed by atoms with Gasteiger partial charge in [-0.1, -0.05) is 39.7 Å². The number of rotatable bonds is 12. The molecule has 0 aliphatic carbocycles. The number of aryl methyl sites for hydroxylation is 1. The number of hydrogen-bond acceptors (Lipinski definition) is 3. The molecular weight excluding hydrogens is 304 g/mol. The summed E-state index contributed by atoms with van der Waals surface area (Å²) in [5.74, 6) is 0.213. The minimum absolute atomic E-state index is 0.315. The molecular formula is C19H33N2O3+. The van der Waals surface area contributed by atoms with E-state index >= 15 is 0 Å². The molecule has 0 saturated heterocycles. The molecule has 0 aliphatic rings. The lowest BCUT2D eigenvalue weighted by atomic mass is 10.0. The van der Waals surface area contributed by atoms with Crippen molar-refractivity contribution >= 4 is 5.97 Å². The van der Waals surface area contributed by atoms with E-state index in [1.807, 2.05) is 34.9 Å². The number of esters is 1. The van der Waals surface area contributed by atoms with Crippen molar-refractivity contribution < 1.29 is 18.8 Å². The predicted molar refractivity (Wildman–Crippen MR) is 94.4 cm³/mol. The van der Waals surface area contributed by atoms with Crippen LogP contribution in [-0.2, 0) is 27.9 Å². The third-order valence-electron chi connectivity index (χ3n) is 4.06. The van der Waals surface area contributed by atoms with Gasteiger partial charge in [0, 0.05) is 12.2 Å². The topological polar surface area (TPSA) is 44.3 Å². The first-order chi connectivity index (χ1) is 11.5. The van der Waals surface area contributed by atoms with E-state index in [-0.39, 0.29) is 12.1 Å². The van der Waals surface area contributed by atoms with Crippen LogP contribution in [0.2, 0.25) is 0 Å². The minimum Gasteiger partial charge on any atom is -0.452 e.